The first kappa shape index (κ1) is 11.2. The summed E-state index contributed by atoms with van der Waals surface area (Å²) < 4.78 is 13.4. The molecule has 0 saturated carbocycles. The second-order valence-corrected chi connectivity index (χ2v) is 3.81. The van der Waals surface area contributed by atoms with E-state index < -0.39 is 6.04 Å². The lowest BCUT2D eigenvalue weighted by Crippen LogP contribution is -2.10. The molecule has 0 bridgehead atoms. The molecule has 0 aliphatic heterocycles. The molecule has 1 aromatic carbocycles. The van der Waals surface area contributed by atoms with E-state index in [1.54, 1.807) is 18.2 Å². The summed E-state index contributed by atoms with van der Waals surface area (Å²) in [7, 11) is 0. The molecule has 14 heavy (non-hydrogen) atoms. The van der Waals surface area contributed by atoms with E-state index in [1.165, 1.54) is 6.07 Å². The zero-order valence-electron chi connectivity index (χ0n) is 8.22. The molecule has 0 saturated heterocycles. The summed E-state index contributed by atoms with van der Waals surface area (Å²) in [6.45, 7) is 3.82. The monoisotopic (exact) mass is 213 g/mol. The van der Waals surface area contributed by atoms with Gasteiger partial charge in [0.2, 0.25) is 0 Å². The van der Waals surface area contributed by atoms with E-state index in [1.807, 2.05) is 13.8 Å². The zero-order chi connectivity index (χ0) is 10.7. The summed E-state index contributed by atoms with van der Waals surface area (Å²) in [5.74, 6) is -0.359. The van der Waals surface area contributed by atoms with Crippen LogP contribution in [0.1, 0.15) is 25.5 Å². The summed E-state index contributed by atoms with van der Waals surface area (Å²) in [5, 5.41) is 0.370. The van der Waals surface area contributed by atoms with Gasteiger partial charge in [0, 0.05) is 10.6 Å². The predicted octanol–water partition coefficient (Wildman–Crippen LogP) is 3.45. The van der Waals surface area contributed by atoms with Crippen LogP contribution < -0.4 is 5.73 Å². The Labute approximate surface area is 88.4 Å². The average Bonchev–Trinajstić information content (AvgIpc) is 2.01. The van der Waals surface area contributed by atoms with Crippen LogP contribution >= 0.6 is 11.6 Å². The first-order valence-electron chi connectivity index (χ1n) is 4.37. The highest BCUT2D eigenvalue weighted by Gasteiger charge is 2.12. The van der Waals surface area contributed by atoms with Crippen molar-refractivity contribution < 1.29 is 4.39 Å². The molecule has 0 fully saturated rings. The summed E-state index contributed by atoms with van der Waals surface area (Å²) in [6, 6.07) is 4.09. The Morgan fingerprint density at radius 1 is 1.50 bits per heavy atom. The maximum Gasteiger partial charge on any atom is 0.129 e. The van der Waals surface area contributed by atoms with Crippen LogP contribution in [-0.4, -0.2) is 0 Å². The molecule has 1 nitrogen and oxygen atoms in total. The van der Waals surface area contributed by atoms with Crippen molar-refractivity contribution in [3.8, 4) is 0 Å². The Morgan fingerprint density at radius 2 is 2.14 bits per heavy atom. The number of hydrogen-bond acceptors (Lipinski definition) is 1. The van der Waals surface area contributed by atoms with Gasteiger partial charge in [0.05, 0.1) is 6.04 Å². The molecule has 1 aromatic rings. The number of halogens is 2. The lowest BCUT2D eigenvalue weighted by atomic mass is 10.0. The third kappa shape index (κ3) is 2.56. The lowest BCUT2D eigenvalue weighted by molar-refractivity contribution is 0.602. The highest BCUT2D eigenvalue weighted by atomic mass is 35.5. The molecule has 1 atom stereocenters. The Balaban J connectivity index is 3.12. The van der Waals surface area contributed by atoms with Gasteiger partial charge in [0.15, 0.2) is 0 Å². The third-order valence-corrected chi connectivity index (χ3v) is 2.18. The van der Waals surface area contributed by atoms with Gasteiger partial charge in [-0.15, -0.1) is 0 Å². The molecular formula is C11H13ClFN. The molecule has 1 unspecified atom stereocenters. The Hall–Kier alpha value is -0.860. The van der Waals surface area contributed by atoms with E-state index in [2.05, 4.69) is 0 Å². The molecule has 0 aromatic heterocycles. The minimum absolute atomic E-state index is 0.357. The largest absolute Gasteiger partial charge is 0.321 e. The molecule has 76 valence electrons. The van der Waals surface area contributed by atoms with Crippen molar-refractivity contribution in [2.45, 2.75) is 19.9 Å². The van der Waals surface area contributed by atoms with Crippen LogP contribution in [0.15, 0.2) is 29.8 Å². The predicted molar refractivity (Wildman–Crippen MR) is 57.8 cm³/mol. The van der Waals surface area contributed by atoms with Crippen molar-refractivity contribution in [1.82, 2.24) is 0 Å². The fraction of sp³-hybridized carbons (Fsp3) is 0.273. The Kier molecular flexibility index (Phi) is 3.67. The van der Waals surface area contributed by atoms with Crippen molar-refractivity contribution in [2.75, 3.05) is 0 Å². The molecule has 0 aliphatic rings. The van der Waals surface area contributed by atoms with E-state index in [4.69, 9.17) is 17.3 Å². The maximum atomic E-state index is 13.4. The average molecular weight is 214 g/mol. The van der Waals surface area contributed by atoms with Crippen LogP contribution in [0, 0.1) is 5.82 Å². The minimum Gasteiger partial charge on any atom is -0.321 e. The van der Waals surface area contributed by atoms with Crippen molar-refractivity contribution in [2.24, 2.45) is 5.73 Å². The molecular weight excluding hydrogens is 201 g/mol. The Bertz CT molecular complexity index is 336. The van der Waals surface area contributed by atoms with Crippen LogP contribution in [0.2, 0.25) is 5.02 Å². The van der Waals surface area contributed by atoms with Crippen LogP contribution in [0.4, 0.5) is 4.39 Å². The fourth-order valence-electron chi connectivity index (χ4n) is 1.27. The number of hydrogen-bond donors (Lipinski definition) is 1. The number of allylic oxidation sites excluding steroid dienone is 1. The summed E-state index contributed by atoms with van der Waals surface area (Å²) in [6.07, 6.45) is 1.78. The first-order chi connectivity index (χ1) is 6.52. The van der Waals surface area contributed by atoms with Gasteiger partial charge in [0.1, 0.15) is 5.82 Å². The van der Waals surface area contributed by atoms with Crippen molar-refractivity contribution in [3.05, 3.63) is 46.3 Å². The second-order valence-electron chi connectivity index (χ2n) is 3.41. The summed E-state index contributed by atoms with van der Waals surface area (Å²) in [4.78, 5) is 0. The van der Waals surface area contributed by atoms with E-state index in [0.717, 1.165) is 5.57 Å². The van der Waals surface area contributed by atoms with Gasteiger partial charge >= 0.3 is 0 Å². The molecule has 0 spiro atoms. The maximum absolute atomic E-state index is 13.4. The van der Waals surface area contributed by atoms with Crippen LogP contribution in [0.5, 0.6) is 0 Å². The first-order valence-corrected chi connectivity index (χ1v) is 4.74. The topological polar surface area (TPSA) is 26.0 Å². The summed E-state index contributed by atoms with van der Waals surface area (Å²) in [5.41, 5.74) is 7.19. The minimum atomic E-state index is -0.478. The second kappa shape index (κ2) is 4.58. The van der Waals surface area contributed by atoms with Gasteiger partial charge in [-0.1, -0.05) is 29.3 Å². The standard InChI is InChI=1S/C11H13ClFN/c1-7(2)6-10(14)11-8(12)4-3-5-9(11)13/h3-6,10H,14H2,1-2H3. The van der Waals surface area contributed by atoms with Gasteiger partial charge in [-0.05, 0) is 26.0 Å². The fourth-order valence-corrected chi connectivity index (χ4v) is 1.56. The zero-order valence-corrected chi connectivity index (χ0v) is 8.98. The SMILES string of the molecule is CC(C)=CC(N)c1c(F)cccc1Cl. The van der Waals surface area contributed by atoms with Gasteiger partial charge in [0.25, 0.3) is 0 Å². The molecule has 0 aliphatic carbocycles. The molecule has 3 heteroatoms. The molecule has 0 heterocycles. The third-order valence-electron chi connectivity index (χ3n) is 1.85. The van der Waals surface area contributed by atoms with E-state index in [0.29, 0.717) is 10.6 Å². The number of benzene rings is 1. The molecule has 0 amide bonds. The molecule has 0 radical (unpaired) electrons. The van der Waals surface area contributed by atoms with Crippen LogP contribution in [0.25, 0.3) is 0 Å². The number of rotatable bonds is 2. The van der Waals surface area contributed by atoms with Crippen molar-refractivity contribution in [1.29, 1.82) is 0 Å². The molecule has 1 rings (SSSR count). The normalized spacial score (nSPS) is 12.4. The van der Waals surface area contributed by atoms with E-state index >= 15 is 0 Å². The quantitative estimate of drug-likeness (QED) is 0.749. The highest BCUT2D eigenvalue weighted by molar-refractivity contribution is 6.31. The highest BCUT2D eigenvalue weighted by Crippen LogP contribution is 2.25. The van der Waals surface area contributed by atoms with E-state index in [9.17, 15) is 4.39 Å². The van der Waals surface area contributed by atoms with Gasteiger partial charge in [-0.3, -0.25) is 0 Å². The van der Waals surface area contributed by atoms with Crippen LogP contribution in [-0.2, 0) is 0 Å². The van der Waals surface area contributed by atoms with Crippen molar-refractivity contribution in [3.63, 3.8) is 0 Å². The smallest absolute Gasteiger partial charge is 0.129 e. The van der Waals surface area contributed by atoms with Crippen molar-refractivity contribution >= 4 is 11.6 Å². The van der Waals surface area contributed by atoms with Gasteiger partial charge < -0.3 is 5.73 Å². The lowest BCUT2D eigenvalue weighted by Gasteiger charge is -2.11. The van der Waals surface area contributed by atoms with Gasteiger partial charge in [-0.2, -0.15) is 0 Å². The van der Waals surface area contributed by atoms with Crippen LogP contribution in [0.3, 0.4) is 0 Å². The number of nitrogens with two attached hydrogens (primary N) is 1. The summed E-state index contributed by atoms with van der Waals surface area (Å²) >= 11 is 5.86. The van der Waals surface area contributed by atoms with E-state index in [-0.39, 0.29) is 5.82 Å². The Morgan fingerprint density at radius 3 is 2.64 bits per heavy atom. The molecule has 2 N–H and O–H groups in total. The van der Waals surface area contributed by atoms with Gasteiger partial charge in [-0.25, -0.2) is 4.39 Å².